The standard InChI is InChI=1S/C7H12ClNO3S/c1-12-7(11)5(8)3-9-6(10)4-13-2/h5H,3-4H2,1-2H3,(H,9,10). The van der Waals surface area contributed by atoms with Crippen LogP contribution in [0, 0.1) is 0 Å². The van der Waals surface area contributed by atoms with Crippen molar-refractivity contribution in [1.82, 2.24) is 5.32 Å². The number of carbonyl (C=O) groups is 2. The van der Waals surface area contributed by atoms with Crippen LogP contribution < -0.4 is 5.32 Å². The van der Waals surface area contributed by atoms with Gasteiger partial charge < -0.3 is 10.1 Å². The lowest BCUT2D eigenvalue weighted by molar-refractivity contribution is -0.140. The zero-order chi connectivity index (χ0) is 10.3. The number of alkyl halides is 1. The number of amides is 1. The largest absolute Gasteiger partial charge is 0.468 e. The first-order chi connectivity index (χ1) is 6.11. The summed E-state index contributed by atoms with van der Waals surface area (Å²) in [5, 5.41) is 1.70. The topological polar surface area (TPSA) is 55.4 Å². The summed E-state index contributed by atoms with van der Waals surface area (Å²) < 4.78 is 4.38. The first-order valence-electron chi connectivity index (χ1n) is 3.59. The molecule has 1 amide bonds. The van der Waals surface area contributed by atoms with Gasteiger partial charge in [0.15, 0.2) is 0 Å². The van der Waals surface area contributed by atoms with Crippen molar-refractivity contribution in [2.45, 2.75) is 5.38 Å². The summed E-state index contributed by atoms with van der Waals surface area (Å²) >= 11 is 6.98. The van der Waals surface area contributed by atoms with E-state index in [9.17, 15) is 9.59 Å². The summed E-state index contributed by atoms with van der Waals surface area (Å²) in [4.78, 5) is 21.7. The smallest absolute Gasteiger partial charge is 0.325 e. The Bertz CT molecular complexity index is 189. The van der Waals surface area contributed by atoms with E-state index in [0.717, 1.165) is 0 Å². The van der Waals surface area contributed by atoms with Crippen LogP contribution in [0.1, 0.15) is 0 Å². The second kappa shape index (κ2) is 7.03. The van der Waals surface area contributed by atoms with Crippen LogP contribution in [0.4, 0.5) is 0 Å². The van der Waals surface area contributed by atoms with Crippen molar-refractivity contribution >= 4 is 35.2 Å². The quantitative estimate of drug-likeness (QED) is 0.538. The molecule has 1 N–H and O–H groups in total. The minimum Gasteiger partial charge on any atom is -0.468 e. The molecule has 1 unspecified atom stereocenters. The molecule has 76 valence electrons. The molecule has 0 aromatic heterocycles. The van der Waals surface area contributed by atoms with Crippen molar-refractivity contribution in [2.24, 2.45) is 0 Å². The highest BCUT2D eigenvalue weighted by Crippen LogP contribution is 1.97. The monoisotopic (exact) mass is 225 g/mol. The van der Waals surface area contributed by atoms with Gasteiger partial charge in [0.2, 0.25) is 5.91 Å². The average Bonchev–Trinajstić information content (AvgIpc) is 2.13. The molecule has 0 spiro atoms. The number of hydrogen-bond acceptors (Lipinski definition) is 4. The number of hydrogen-bond donors (Lipinski definition) is 1. The van der Waals surface area contributed by atoms with Gasteiger partial charge in [-0.1, -0.05) is 0 Å². The molecule has 0 aromatic rings. The Morgan fingerprint density at radius 2 is 2.23 bits per heavy atom. The third-order valence-corrected chi connectivity index (χ3v) is 2.09. The maximum Gasteiger partial charge on any atom is 0.325 e. The number of methoxy groups -OCH3 is 1. The number of carbonyl (C=O) groups excluding carboxylic acids is 2. The van der Waals surface area contributed by atoms with Gasteiger partial charge in [-0.05, 0) is 6.26 Å². The molecule has 0 fully saturated rings. The van der Waals surface area contributed by atoms with Crippen molar-refractivity contribution in [3.8, 4) is 0 Å². The number of nitrogens with one attached hydrogen (secondary N) is 1. The average molecular weight is 226 g/mol. The Morgan fingerprint density at radius 3 is 2.69 bits per heavy atom. The van der Waals surface area contributed by atoms with Crippen molar-refractivity contribution in [1.29, 1.82) is 0 Å². The van der Waals surface area contributed by atoms with Crippen LogP contribution in [0.25, 0.3) is 0 Å². The molecule has 0 aliphatic carbocycles. The summed E-state index contributed by atoms with van der Waals surface area (Å²) in [7, 11) is 1.25. The predicted octanol–water partition coefficient (Wildman–Crippen LogP) is 0.246. The van der Waals surface area contributed by atoms with Crippen LogP contribution in [-0.4, -0.2) is 42.9 Å². The summed E-state index contributed by atoms with van der Waals surface area (Å²) in [6.07, 6.45) is 1.82. The molecule has 1 atom stereocenters. The minimum atomic E-state index is -0.809. The van der Waals surface area contributed by atoms with Crippen LogP contribution in [0.3, 0.4) is 0 Å². The normalized spacial score (nSPS) is 11.9. The van der Waals surface area contributed by atoms with Crippen LogP contribution in [0.5, 0.6) is 0 Å². The van der Waals surface area contributed by atoms with Gasteiger partial charge in [0.05, 0.1) is 12.9 Å². The van der Waals surface area contributed by atoms with Crippen LogP contribution >= 0.6 is 23.4 Å². The molecule has 0 aromatic carbocycles. The molecular weight excluding hydrogens is 214 g/mol. The highest BCUT2D eigenvalue weighted by atomic mass is 35.5. The van der Waals surface area contributed by atoms with Gasteiger partial charge in [0, 0.05) is 6.54 Å². The summed E-state index contributed by atoms with van der Waals surface area (Å²) in [5.74, 6) is -0.307. The van der Waals surface area contributed by atoms with Gasteiger partial charge in [0.25, 0.3) is 0 Å². The van der Waals surface area contributed by atoms with E-state index in [0.29, 0.717) is 5.75 Å². The maximum atomic E-state index is 10.9. The van der Waals surface area contributed by atoms with E-state index in [1.807, 2.05) is 6.26 Å². The first-order valence-corrected chi connectivity index (χ1v) is 5.42. The molecule has 0 aliphatic rings. The Hall–Kier alpha value is -0.420. The zero-order valence-electron chi connectivity index (χ0n) is 7.50. The Morgan fingerprint density at radius 1 is 1.62 bits per heavy atom. The predicted molar refractivity (Wildman–Crippen MR) is 53.0 cm³/mol. The van der Waals surface area contributed by atoms with Crippen molar-refractivity contribution in [3.63, 3.8) is 0 Å². The summed E-state index contributed by atoms with van der Waals surface area (Å²) in [6.45, 7) is 0.105. The van der Waals surface area contributed by atoms with Gasteiger partial charge in [-0.25, -0.2) is 0 Å². The fraction of sp³-hybridized carbons (Fsp3) is 0.714. The summed E-state index contributed by atoms with van der Waals surface area (Å²) in [5.41, 5.74) is 0. The summed E-state index contributed by atoms with van der Waals surface area (Å²) in [6, 6.07) is 0. The van der Waals surface area contributed by atoms with Gasteiger partial charge in [-0.2, -0.15) is 11.8 Å². The Kier molecular flexibility index (Phi) is 6.80. The number of thioether (sulfide) groups is 1. The molecule has 0 heterocycles. The highest BCUT2D eigenvalue weighted by molar-refractivity contribution is 7.99. The van der Waals surface area contributed by atoms with Gasteiger partial charge >= 0.3 is 5.97 Å². The lowest BCUT2D eigenvalue weighted by Crippen LogP contribution is -2.35. The third-order valence-electron chi connectivity index (χ3n) is 1.21. The van der Waals surface area contributed by atoms with E-state index >= 15 is 0 Å². The van der Waals surface area contributed by atoms with Crippen molar-refractivity contribution in [3.05, 3.63) is 0 Å². The Balaban J connectivity index is 3.63. The van der Waals surface area contributed by atoms with Crippen molar-refractivity contribution < 1.29 is 14.3 Å². The molecule has 0 aliphatic heterocycles. The molecule has 13 heavy (non-hydrogen) atoms. The van der Waals surface area contributed by atoms with Gasteiger partial charge in [-0.15, -0.1) is 11.6 Å². The van der Waals surface area contributed by atoms with Gasteiger partial charge in [0.1, 0.15) is 5.38 Å². The Labute approximate surface area is 86.3 Å². The molecule has 0 saturated heterocycles. The number of esters is 1. The number of halogens is 1. The van der Waals surface area contributed by atoms with E-state index in [4.69, 9.17) is 11.6 Å². The number of ether oxygens (including phenoxy) is 1. The molecule has 6 heteroatoms. The van der Waals surface area contributed by atoms with Gasteiger partial charge in [-0.3, -0.25) is 9.59 Å². The molecule has 0 radical (unpaired) electrons. The van der Waals surface area contributed by atoms with E-state index in [-0.39, 0.29) is 12.5 Å². The van der Waals surface area contributed by atoms with E-state index < -0.39 is 11.3 Å². The third kappa shape index (κ3) is 5.76. The van der Waals surface area contributed by atoms with Crippen LogP contribution in [-0.2, 0) is 14.3 Å². The molecular formula is C7H12ClNO3S. The fourth-order valence-electron chi connectivity index (χ4n) is 0.597. The minimum absolute atomic E-state index is 0.105. The van der Waals surface area contributed by atoms with E-state index in [1.165, 1.54) is 18.9 Å². The second-order valence-electron chi connectivity index (χ2n) is 2.23. The fourth-order valence-corrected chi connectivity index (χ4v) is 1.13. The van der Waals surface area contributed by atoms with Crippen LogP contribution in [0.15, 0.2) is 0 Å². The van der Waals surface area contributed by atoms with Crippen LogP contribution in [0.2, 0.25) is 0 Å². The molecule has 0 bridgehead atoms. The molecule has 0 rings (SSSR count). The van der Waals surface area contributed by atoms with E-state index in [1.54, 1.807) is 0 Å². The lowest BCUT2D eigenvalue weighted by atomic mass is 10.4. The lowest BCUT2D eigenvalue weighted by Gasteiger charge is -2.07. The SMILES string of the molecule is COC(=O)C(Cl)CNC(=O)CSC. The zero-order valence-corrected chi connectivity index (χ0v) is 9.07. The van der Waals surface area contributed by atoms with Crippen molar-refractivity contribution in [2.75, 3.05) is 25.7 Å². The maximum absolute atomic E-state index is 10.9. The molecule has 0 saturated carbocycles. The van der Waals surface area contributed by atoms with E-state index in [2.05, 4.69) is 10.1 Å². The number of rotatable bonds is 5. The highest BCUT2D eigenvalue weighted by Gasteiger charge is 2.15. The first kappa shape index (κ1) is 12.6. The second-order valence-corrected chi connectivity index (χ2v) is 3.62. The molecule has 4 nitrogen and oxygen atoms in total.